The summed E-state index contributed by atoms with van der Waals surface area (Å²) >= 11 is 0. The van der Waals surface area contributed by atoms with Gasteiger partial charge in [-0.3, -0.25) is 9.59 Å². The Labute approximate surface area is 121 Å². The first-order chi connectivity index (χ1) is 9.70. The highest BCUT2D eigenvalue weighted by Gasteiger charge is 2.01. The number of carbonyl (C=O) groups is 2. The molecule has 0 aromatic heterocycles. The summed E-state index contributed by atoms with van der Waals surface area (Å²) in [5, 5.41) is 5.98. The highest BCUT2D eigenvalue weighted by Crippen LogP contribution is 2.00. The van der Waals surface area contributed by atoms with E-state index in [0.29, 0.717) is 39.1 Å². The van der Waals surface area contributed by atoms with Gasteiger partial charge >= 0.3 is 5.97 Å². The summed E-state index contributed by atoms with van der Waals surface area (Å²) in [4.78, 5) is 22.4. The lowest BCUT2D eigenvalue weighted by Crippen LogP contribution is -2.30. The molecule has 0 radical (unpaired) electrons. The molecule has 118 valence electrons. The van der Waals surface area contributed by atoms with Gasteiger partial charge in [-0.1, -0.05) is 6.42 Å². The molecule has 0 aromatic rings. The molecule has 0 unspecified atom stereocenters. The molecular formula is C14H28N2O4. The molecule has 0 spiro atoms. The van der Waals surface area contributed by atoms with Gasteiger partial charge in [-0.2, -0.15) is 0 Å². The Morgan fingerprint density at radius 3 is 2.50 bits per heavy atom. The lowest BCUT2D eigenvalue weighted by Gasteiger charge is -2.06. The molecule has 1 amide bonds. The highest BCUT2D eigenvalue weighted by atomic mass is 16.5. The fourth-order valence-corrected chi connectivity index (χ4v) is 1.64. The van der Waals surface area contributed by atoms with E-state index < -0.39 is 0 Å². The van der Waals surface area contributed by atoms with Gasteiger partial charge in [0.1, 0.15) is 0 Å². The van der Waals surface area contributed by atoms with Gasteiger partial charge in [0.25, 0.3) is 0 Å². The van der Waals surface area contributed by atoms with E-state index in [0.717, 1.165) is 25.8 Å². The number of nitrogens with one attached hydrogen (secondary N) is 2. The molecule has 20 heavy (non-hydrogen) atoms. The van der Waals surface area contributed by atoms with Crippen LogP contribution in [0.3, 0.4) is 0 Å². The number of methoxy groups -OCH3 is 1. The van der Waals surface area contributed by atoms with Gasteiger partial charge < -0.3 is 20.1 Å². The van der Waals surface area contributed by atoms with Gasteiger partial charge in [-0.15, -0.1) is 0 Å². The van der Waals surface area contributed by atoms with E-state index in [2.05, 4.69) is 10.6 Å². The predicted molar refractivity (Wildman–Crippen MR) is 77.5 cm³/mol. The van der Waals surface area contributed by atoms with Crippen molar-refractivity contribution >= 4 is 11.9 Å². The number of hydrogen-bond donors (Lipinski definition) is 2. The maximum Gasteiger partial charge on any atom is 0.305 e. The standard InChI is InChI=1S/C14H28N2O4/c1-3-20-14(18)7-5-4-6-9-15-10-8-13(17)16-11-12-19-2/h15H,3-12H2,1-2H3,(H,16,17). The molecule has 0 fully saturated rings. The van der Waals surface area contributed by atoms with Gasteiger partial charge in [0.2, 0.25) is 5.91 Å². The van der Waals surface area contributed by atoms with Crippen molar-refractivity contribution in [3.63, 3.8) is 0 Å². The van der Waals surface area contributed by atoms with Crippen LogP contribution in [0.15, 0.2) is 0 Å². The minimum Gasteiger partial charge on any atom is -0.466 e. The van der Waals surface area contributed by atoms with Crippen LogP contribution in [-0.4, -0.2) is 51.8 Å². The summed E-state index contributed by atoms with van der Waals surface area (Å²) in [5.41, 5.74) is 0. The van der Waals surface area contributed by atoms with Gasteiger partial charge in [0, 0.05) is 33.0 Å². The zero-order chi connectivity index (χ0) is 15.1. The van der Waals surface area contributed by atoms with Crippen molar-refractivity contribution in [1.82, 2.24) is 10.6 Å². The molecule has 0 aliphatic rings. The number of ether oxygens (including phenoxy) is 2. The van der Waals surface area contributed by atoms with Crippen molar-refractivity contribution in [3.8, 4) is 0 Å². The molecule has 0 aliphatic heterocycles. The van der Waals surface area contributed by atoms with Crippen molar-refractivity contribution < 1.29 is 19.1 Å². The number of rotatable bonds is 13. The second-order valence-corrected chi connectivity index (χ2v) is 4.46. The van der Waals surface area contributed by atoms with Crippen LogP contribution in [0, 0.1) is 0 Å². The van der Waals surface area contributed by atoms with Crippen LogP contribution in [0.25, 0.3) is 0 Å². The predicted octanol–water partition coefficient (Wildman–Crippen LogP) is 0.852. The molecule has 0 aromatic carbocycles. The lowest BCUT2D eigenvalue weighted by atomic mass is 10.2. The molecule has 0 atom stereocenters. The fraction of sp³-hybridized carbons (Fsp3) is 0.857. The third-order valence-corrected chi connectivity index (χ3v) is 2.70. The SMILES string of the molecule is CCOC(=O)CCCCCNCCC(=O)NCCOC. The Morgan fingerprint density at radius 1 is 1.00 bits per heavy atom. The van der Waals surface area contributed by atoms with E-state index >= 15 is 0 Å². The average Bonchev–Trinajstić information content (AvgIpc) is 2.42. The Balaban J connectivity index is 3.20. The van der Waals surface area contributed by atoms with Crippen LogP contribution < -0.4 is 10.6 Å². The van der Waals surface area contributed by atoms with Crippen molar-refractivity contribution in [2.75, 3.05) is 40.0 Å². The lowest BCUT2D eigenvalue weighted by molar-refractivity contribution is -0.143. The summed E-state index contributed by atoms with van der Waals surface area (Å²) in [6.45, 7) is 4.91. The Bertz CT molecular complexity index is 260. The normalized spacial score (nSPS) is 10.3. The summed E-state index contributed by atoms with van der Waals surface area (Å²) < 4.78 is 9.69. The van der Waals surface area contributed by atoms with Crippen LogP contribution in [0.1, 0.15) is 39.0 Å². The van der Waals surface area contributed by atoms with Crippen molar-refractivity contribution in [1.29, 1.82) is 0 Å². The monoisotopic (exact) mass is 288 g/mol. The molecule has 0 heterocycles. The van der Waals surface area contributed by atoms with Gasteiger partial charge in [-0.05, 0) is 26.3 Å². The largest absolute Gasteiger partial charge is 0.466 e. The summed E-state index contributed by atoms with van der Waals surface area (Å²) in [6.07, 6.45) is 3.83. The number of esters is 1. The van der Waals surface area contributed by atoms with Crippen LogP contribution in [0.4, 0.5) is 0 Å². The fourth-order valence-electron chi connectivity index (χ4n) is 1.64. The van der Waals surface area contributed by atoms with Crippen LogP contribution in [-0.2, 0) is 19.1 Å². The second kappa shape index (κ2) is 14.3. The maximum atomic E-state index is 11.3. The molecule has 0 saturated carbocycles. The van der Waals surface area contributed by atoms with Gasteiger partial charge in [-0.25, -0.2) is 0 Å². The molecule has 6 nitrogen and oxygen atoms in total. The van der Waals surface area contributed by atoms with Crippen LogP contribution in [0.2, 0.25) is 0 Å². The van der Waals surface area contributed by atoms with E-state index in [-0.39, 0.29) is 11.9 Å². The molecule has 0 aliphatic carbocycles. The molecule has 0 bridgehead atoms. The molecule has 0 rings (SSSR count). The highest BCUT2D eigenvalue weighted by molar-refractivity contribution is 5.76. The van der Waals surface area contributed by atoms with E-state index in [1.165, 1.54) is 0 Å². The smallest absolute Gasteiger partial charge is 0.305 e. The van der Waals surface area contributed by atoms with Gasteiger partial charge in [0.15, 0.2) is 0 Å². The quantitative estimate of drug-likeness (QED) is 0.388. The minimum atomic E-state index is -0.117. The zero-order valence-corrected chi connectivity index (χ0v) is 12.7. The number of hydrogen-bond acceptors (Lipinski definition) is 5. The second-order valence-electron chi connectivity index (χ2n) is 4.46. The molecule has 6 heteroatoms. The van der Waals surface area contributed by atoms with E-state index in [9.17, 15) is 9.59 Å². The Hall–Kier alpha value is -1.14. The zero-order valence-electron chi connectivity index (χ0n) is 12.7. The van der Waals surface area contributed by atoms with E-state index in [1.54, 1.807) is 7.11 Å². The van der Waals surface area contributed by atoms with E-state index in [1.807, 2.05) is 6.92 Å². The molecule has 0 saturated heterocycles. The van der Waals surface area contributed by atoms with Crippen LogP contribution in [0.5, 0.6) is 0 Å². The molecular weight excluding hydrogens is 260 g/mol. The van der Waals surface area contributed by atoms with Crippen molar-refractivity contribution in [2.45, 2.75) is 39.0 Å². The maximum absolute atomic E-state index is 11.3. The minimum absolute atomic E-state index is 0.0388. The topological polar surface area (TPSA) is 76.7 Å². The third kappa shape index (κ3) is 13.3. The van der Waals surface area contributed by atoms with Crippen molar-refractivity contribution in [3.05, 3.63) is 0 Å². The van der Waals surface area contributed by atoms with Crippen LogP contribution >= 0.6 is 0 Å². The number of unbranched alkanes of at least 4 members (excludes halogenated alkanes) is 2. The number of carbonyl (C=O) groups excluding carboxylic acids is 2. The summed E-state index contributed by atoms with van der Waals surface area (Å²) in [6, 6.07) is 0. The first kappa shape index (κ1) is 18.9. The third-order valence-electron chi connectivity index (χ3n) is 2.70. The van der Waals surface area contributed by atoms with Crippen molar-refractivity contribution in [2.24, 2.45) is 0 Å². The Kier molecular flexibility index (Phi) is 13.5. The van der Waals surface area contributed by atoms with Gasteiger partial charge in [0.05, 0.1) is 13.2 Å². The Morgan fingerprint density at radius 2 is 1.80 bits per heavy atom. The first-order valence-electron chi connectivity index (χ1n) is 7.32. The summed E-state index contributed by atoms with van der Waals surface area (Å²) in [5.74, 6) is -0.0787. The van der Waals surface area contributed by atoms with E-state index in [4.69, 9.17) is 9.47 Å². The first-order valence-corrected chi connectivity index (χ1v) is 7.32. The summed E-state index contributed by atoms with van der Waals surface area (Å²) in [7, 11) is 1.61. The number of amides is 1. The molecule has 2 N–H and O–H groups in total. The average molecular weight is 288 g/mol.